The van der Waals surface area contributed by atoms with Gasteiger partial charge in [-0.25, -0.2) is 8.42 Å². The second kappa shape index (κ2) is 12.4. The Bertz CT molecular complexity index is 1310. The molecule has 1 N–H and O–H groups in total. The fourth-order valence-electron chi connectivity index (χ4n) is 3.91. The lowest BCUT2D eigenvalue weighted by molar-refractivity contribution is -0.139. The van der Waals surface area contributed by atoms with E-state index in [4.69, 9.17) is 4.74 Å². The average Bonchev–Trinajstić information content (AvgIpc) is 2.90. The van der Waals surface area contributed by atoms with E-state index in [1.807, 2.05) is 31.2 Å². The summed E-state index contributed by atoms with van der Waals surface area (Å²) in [6.45, 7) is 5.48. The molecule has 8 nitrogen and oxygen atoms in total. The number of carbonyl (C=O) groups is 2. The zero-order valence-electron chi connectivity index (χ0n) is 21.5. The van der Waals surface area contributed by atoms with Gasteiger partial charge in [0.25, 0.3) is 10.0 Å². The Morgan fingerprint density at radius 1 is 0.973 bits per heavy atom. The van der Waals surface area contributed by atoms with Crippen LogP contribution < -0.4 is 14.4 Å². The fraction of sp³-hybridized carbons (Fsp3) is 0.286. The molecule has 0 aliphatic heterocycles. The van der Waals surface area contributed by atoms with Gasteiger partial charge in [-0.2, -0.15) is 0 Å². The second-order valence-electron chi connectivity index (χ2n) is 8.60. The van der Waals surface area contributed by atoms with E-state index < -0.39 is 28.5 Å². The Morgan fingerprint density at radius 3 is 2.24 bits per heavy atom. The van der Waals surface area contributed by atoms with E-state index in [9.17, 15) is 18.0 Å². The summed E-state index contributed by atoms with van der Waals surface area (Å²) in [4.78, 5) is 27.9. The molecule has 3 rings (SSSR count). The number of hydrogen-bond acceptors (Lipinski definition) is 5. The molecule has 9 heteroatoms. The molecule has 0 saturated carbocycles. The molecule has 0 radical (unpaired) electrons. The number of sulfonamides is 1. The third-order valence-corrected chi connectivity index (χ3v) is 7.71. The van der Waals surface area contributed by atoms with Crippen LogP contribution in [0.4, 0.5) is 5.69 Å². The lowest BCUT2D eigenvalue weighted by Gasteiger charge is -2.32. The van der Waals surface area contributed by atoms with E-state index in [1.165, 1.54) is 24.1 Å². The van der Waals surface area contributed by atoms with E-state index in [0.717, 1.165) is 15.4 Å². The van der Waals surface area contributed by atoms with Gasteiger partial charge >= 0.3 is 0 Å². The Balaban J connectivity index is 2.00. The van der Waals surface area contributed by atoms with Crippen molar-refractivity contribution in [1.82, 2.24) is 10.2 Å². The SMILES string of the molecule is CCNC(=O)C(C)N(Cc1cccc(C)c1)C(=O)CN(c1ccccc1)S(=O)(=O)c1ccc(OC)cc1. The van der Waals surface area contributed by atoms with Crippen LogP contribution in [0.2, 0.25) is 0 Å². The maximum atomic E-state index is 13.8. The number of rotatable bonds is 11. The molecular weight excluding hydrogens is 490 g/mol. The molecule has 2 amide bonds. The van der Waals surface area contributed by atoms with Gasteiger partial charge in [0.2, 0.25) is 11.8 Å². The Morgan fingerprint density at radius 2 is 1.65 bits per heavy atom. The third-order valence-electron chi connectivity index (χ3n) is 5.92. The molecule has 0 bridgehead atoms. The van der Waals surface area contributed by atoms with Gasteiger partial charge in [0.1, 0.15) is 18.3 Å². The standard InChI is InChI=1S/C28H33N3O5S/c1-5-29-28(33)22(3)30(19-23-11-9-10-21(2)18-23)27(32)20-31(24-12-7-6-8-13-24)37(34,35)26-16-14-25(36-4)15-17-26/h6-18,22H,5,19-20H2,1-4H3,(H,29,33). The number of nitrogens with one attached hydrogen (secondary N) is 1. The molecule has 0 heterocycles. The van der Waals surface area contributed by atoms with Crippen LogP contribution in [0, 0.1) is 6.92 Å². The van der Waals surface area contributed by atoms with Gasteiger partial charge < -0.3 is 15.0 Å². The highest BCUT2D eigenvalue weighted by Crippen LogP contribution is 2.25. The average molecular weight is 524 g/mol. The molecule has 1 atom stereocenters. The lowest BCUT2D eigenvalue weighted by Crippen LogP contribution is -2.51. The molecule has 0 aliphatic carbocycles. The predicted molar refractivity (Wildman–Crippen MR) is 144 cm³/mol. The molecule has 37 heavy (non-hydrogen) atoms. The first-order valence-electron chi connectivity index (χ1n) is 12.0. The summed E-state index contributed by atoms with van der Waals surface area (Å²) < 4.78 is 33.7. The first-order chi connectivity index (χ1) is 17.7. The highest BCUT2D eigenvalue weighted by atomic mass is 32.2. The number of aryl methyl sites for hydroxylation is 1. The maximum absolute atomic E-state index is 13.8. The van der Waals surface area contributed by atoms with Crippen molar-refractivity contribution in [3.8, 4) is 5.75 Å². The predicted octanol–water partition coefficient (Wildman–Crippen LogP) is 3.75. The second-order valence-corrected chi connectivity index (χ2v) is 10.5. The smallest absolute Gasteiger partial charge is 0.264 e. The molecule has 0 aromatic heterocycles. The van der Waals surface area contributed by atoms with Crippen molar-refractivity contribution in [3.05, 3.63) is 90.0 Å². The van der Waals surface area contributed by atoms with Crippen LogP contribution in [0.5, 0.6) is 5.75 Å². The Kier molecular flexibility index (Phi) is 9.30. The number of benzene rings is 3. The summed E-state index contributed by atoms with van der Waals surface area (Å²) in [6, 6.07) is 21.3. The number of methoxy groups -OCH3 is 1. The van der Waals surface area contributed by atoms with Crippen LogP contribution in [0.1, 0.15) is 25.0 Å². The normalized spacial score (nSPS) is 11.9. The van der Waals surface area contributed by atoms with Crippen LogP contribution in [0.25, 0.3) is 0 Å². The largest absolute Gasteiger partial charge is 0.497 e. The number of ether oxygens (including phenoxy) is 1. The van der Waals surface area contributed by atoms with Crippen molar-refractivity contribution in [2.45, 2.75) is 38.3 Å². The van der Waals surface area contributed by atoms with E-state index in [0.29, 0.717) is 18.0 Å². The van der Waals surface area contributed by atoms with E-state index >= 15 is 0 Å². The van der Waals surface area contributed by atoms with Crippen molar-refractivity contribution >= 4 is 27.5 Å². The third kappa shape index (κ3) is 6.89. The monoisotopic (exact) mass is 523 g/mol. The van der Waals surface area contributed by atoms with Crippen LogP contribution in [0.15, 0.2) is 83.8 Å². The number of anilines is 1. The summed E-state index contributed by atoms with van der Waals surface area (Å²) in [5.74, 6) is -0.296. The van der Waals surface area contributed by atoms with Crippen LogP contribution >= 0.6 is 0 Å². The Labute approximate surface area is 218 Å². The molecule has 3 aromatic carbocycles. The summed E-state index contributed by atoms with van der Waals surface area (Å²) in [5.41, 5.74) is 2.20. The molecule has 0 saturated heterocycles. The van der Waals surface area contributed by atoms with Crippen LogP contribution in [-0.4, -0.2) is 51.4 Å². The molecule has 0 spiro atoms. The zero-order chi connectivity index (χ0) is 27.0. The van der Waals surface area contributed by atoms with Crippen molar-refractivity contribution < 1.29 is 22.7 Å². The first-order valence-corrected chi connectivity index (χ1v) is 13.5. The summed E-state index contributed by atoms with van der Waals surface area (Å²) >= 11 is 0. The van der Waals surface area contributed by atoms with Gasteiger partial charge in [0.15, 0.2) is 0 Å². The van der Waals surface area contributed by atoms with Gasteiger partial charge in [-0.05, 0) is 62.7 Å². The van der Waals surface area contributed by atoms with Crippen molar-refractivity contribution in [2.24, 2.45) is 0 Å². The number of para-hydroxylation sites is 1. The van der Waals surface area contributed by atoms with Gasteiger partial charge in [0.05, 0.1) is 17.7 Å². The van der Waals surface area contributed by atoms with Gasteiger partial charge in [0, 0.05) is 13.1 Å². The Hall–Kier alpha value is -3.85. The molecular formula is C28H33N3O5S. The minimum Gasteiger partial charge on any atom is -0.497 e. The van der Waals surface area contributed by atoms with Gasteiger partial charge in [-0.15, -0.1) is 0 Å². The van der Waals surface area contributed by atoms with E-state index in [-0.39, 0.29) is 17.3 Å². The van der Waals surface area contributed by atoms with Gasteiger partial charge in [-0.3, -0.25) is 13.9 Å². The molecule has 3 aromatic rings. The van der Waals surface area contributed by atoms with Crippen molar-refractivity contribution in [3.63, 3.8) is 0 Å². The minimum atomic E-state index is -4.11. The van der Waals surface area contributed by atoms with Crippen LogP contribution in [0.3, 0.4) is 0 Å². The van der Waals surface area contributed by atoms with E-state index in [2.05, 4.69) is 5.32 Å². The summed E-state index contributed by atoms with van der Waals surface area (Å²) in [6.07, 6.45) is 0. The highest BCUT2D eigenvalue weighted by Gasteiger charge is 2.32. The number of nitrogens with zero attached hydrogens (tertiary/aromatic N) is 2. The van der Waals surface area contributed by atoms with E-state index in [1.54, 1.807) is 56.3 Å². The first kappa shape index (κ1) is 27.7. The zero-order valence-corrected chi connectivity index (χ0v) is 22.4. The lowest BCUT2D eigenvalue weighted by atomic mass is 10.1. The summed E-state index contributed by atoms with van der Waals surface area (Å²) in [5, 5.41) is 2.75. The maximum Gasteiger partial charge on any atom is 0.264 e. The number of likely N-dealkylation sites (N-methyl/N-ethyl adjacent to an activating group) is 1. The molecule has 0 fully saturated rings. The number of amides is 2. The summed E-state index contributed by atoms with van der Waals surface area (Å²) in [7, 11) is -2.62. The van der Waals surface area contributed by atoms with Gasteiger partial charge in [-0.1, -0.05) is 48.0 Å². The van der Waals surface area contributed by atoms with Crippen LogP contribution in [-0.2, 0) is 26.2 Å². The minimum absolute atomic E-state index is 0.0203. The highest BCUT2D eigenvalue weighted by molar-refractivity contribution is 7.92. The molecule has 196 valence electrons. The molecule has 0 aliphatic rings. The number of hydrogen-bond donors (Lipinski definition) is 1. The van der Waals surface area contributed by atoms with Crippen molar-refractivity contribution in [1.29, 1.82) is 0 Å². The fourth-order valence-corrected chi connectivity index (χ4v) is 5.32. The molecule has 1 unspecified atom stereocenters. The quantitative estimate of drug-likeness (QED) is 0.413. The van der Waals surface area contributed by atoms with Crippen molar-refractivity contribution in [2.75, 3.05) is 24.5 Å². The number of carbonyl (C=O) groups excluding carboxylic acids is 2. The topological polar surface area (TPSA) is 96.0 Å².